The zero-order chi connectivity index (χ0) is 27.3. The molecule has 0 radical (unpaired) electrons. The van der Waals surface area contributed by atoms with Gasteiger partial charge in [0.05, 0.1) is 28.4 Å². The van der Waals surface area contributed by atoms with E-state index in [0.717, 1.165) is 0 Å². The number of sulfonamides is 1. The molecule has 2 aromatic rings. The number of ether oxygens (including phenoxy) is 1. The Labute approximate surface area is 213 Å². The summed E-state index contributed by atoms with van der Waals surface area (Å²) >= 11 is 0. The molecule has 0 spiro atoms. The van der Waals surface area contributed by atoms with Gasteiger partial charge in [-0.3, -0.25) is 19.8 Å². The first-order valence-electron chi connectivity index (χ1n) is 11.3. The number of hydrogen-bond acceptors (Lipinski definition) is 9. The standard InChI is InChI=1S/C25H26N4O7S/c1-25(2)12-18-21(19(30)13-25)20(14-5-4-6-16(11-14)29(32)33)22(24(31)36-3)23(26)28(18)15-7-9-17(10-8-15)37(27,34)35/h4-11,20H,12-13,26H2,1-3H3,(H2,27,34,35)/t20-/m0/s1. The van der Waals surface area contributed by atoms with Crippen molar-refractivity contribution in [1.82, 2.24) is 0 Å². The molecule has 4 N–H and O–H groups in total. The number of nitro groups is 1. The van der Waals surface area contributed by atoms with Gasteiger partial charge in [-0.1, -0.05) is 26.0 Å². The zero-order valence-electron chi connectivity index (χ0n) is 20.4. The third kappa shape index (κ3) is 4.72. The fourth-order valence-electron chi connectivity index (χ4n) is 4.95. The van der Waals surface area contributed by atoms with Crippen molar-refractivity contribution >= 4 is 33.2 Å². The summed E-state index contributed by atoms with van der Waals surface area (Å²) in [4.78, 5) is 39.1. The van der Waals surface area contributed by atoms with E-state index in [-0.39, 0.29) is 39.8 Å². The predicted molar refractivity (Wildman–Crippen MR) is 134 cm³/mol. The number of non-ortho nitro benzene ring substituents is 1. The number of allylic oxidation sites excluding steroid dienone is 2. The number of anilines is 1. The maximum atomic E-state index is 13.6. The number of primary sulfonamides is 1. The van der Waals surface area contributed by atoms with Crippen LogP contribution in [0.2, 0.25) is 0 Å². The first-order valence-corrected chi connectivity index (χ1v) is 12.8. The van der Waals surface area contributed by atoms with Crippen LogP contribution in [-0.4, -0.2) is 32.2 Å². The van der Waals surface area contributed by atoms with Gasteiger partial charge in [-0.15, -0.1) is 0 Å². The van der Waals surface area contributed by atoms with Crippen molar-refractivity contribution in [3.63, 3.8) is 0 Å². The van der Waals surface area contributed by atoms with Gasteiger partial charge in [0.1, 0.15) is 5.82 Å². The molecule has 194 valence electrons. The molecule has 2 aliphatic rings. The van der Waals surface area contributed by atoms with Crippen molar-refractivity contribution in [1.29, 1.82) is 0 Å². The topological polar surface area (TPSA) is 176 Å². The first-order chi connectivity index (χ1) is 17.2. The van der Waals surface area contributed by atoms with Crippen molar-refractivity contribution in [3.05, 3.63) is 86.9 Å². The zero-order valence-corrected chi connectivity index (χ0v) is 21.2. The van der Waals surface area contributed by atoms with Crippen LogP contribution in [0.4, 0.5) is 11.4 Å². The molecule has 0 saturated heterocycles. The van der Waals surface area contributed by atoms with Crippen molar-refractivity contribution < 1.29 is 27.7 Å². The number of Topliss-reactive ketones (excluding diaryl/α,β-unsaturated/α-hetero) is 1. The lowest BCUT2D eigenvalue weighted by atomic mass is 9.68. The van der Waals surface area contributed by atoms with Gasteiger partial charge in [0, 0.05) is 35.5 Å². The summed E-state index contributed by atoms with van der Waals surface area (Å²) in [6.45, 7) is 3.85. The van der Waals surface area contributed by atoms with E-state index >= 15 is 0 Å². The van der Waals surface area contributed by atoms with Crippen molar-refractivity contribution in [2.24, 2.45) is 16.3 Å². The van der Waals surface area contributed by atoms with Gasteiger partial charge >= 0.3 is 5.97 Å². The van der Waals surface area contributed by atoms with Crippen LogP contribution in [0.15, 0.2) is 76.1 Å². The molecule has 12 heteroatoms. The van der Waals surface area contributed by atoms with Crippen LogP contribution < -0.4 is 15.8 Å². The molecule has 0 saturated carbocycles. The Bertz CT molecular complexity index is 1490. The Morgan fingerprint density at radius 3 is 2.38 bits per heavy atom. The highest BCUT2D eigenvalue weighted by molar-refractivity contribution is 7.89. The molecule has 1 atom stereocenters. The Hall–Kier alpha value is -4.03. The number of carbonyl (C=O) groups is 2. The van der Waals surface area contributed by atoms with Crippen LogP contribution in [0.25, 0.3) is 0 Å². The van der Waals surface area contributed by atoms with Crippen LogP contribution in [0, 0.1) is 15.5 Å². The summed E-state index contributed by atoms with van der Waals surface area (Å²) in [6, 6.07) is 11.3. The monoisotopic (exact) mass is 526 g/mol. The minimum absolute atomic E-state index is 0.0315. The SMILES string of the molecule is COC(=O)C1=C(N)N(c2ccc(S(N)(=O)=O)cc2)C2=C(C(=O)CC(C)(C)C2)[C@@H]1c1cccc([N+](=O)[O-])c1. The number of esters is 1. The van der Waals surface area contributed by atoms with E-state index in [4.69, 9.17) is 15.6 Å². The van der Waals surface area contributed by atoms with E-state index in [1.165, 1.54) is 49.6 Å². The van der Waals surface area contributed by atoms with Crippen molar-refractivity contribution in [2.45, 2.75) is 37.5 Å². The summed E-state index contributed by atoms with van der Waals surface area (Å²) in [6.07, 6.45) is 0.579. The van der Waals surface area contributed by atoms with Crippen LogP contribution in [0.1, 0.15) is 38.2 Å². The van der Waals surface area contributed by atoms with Crippen LogP contribution in [0.3, 0.4) is 0 Å². The van der Waals surface area contributed by atoms with Crippen LogP contribution in [-0.2, 0) is 24.3 Å². The molecule has 0 fully saturated rings. The highest BCUT2D eigenvalue weighted by Crippen LogP contribution is 2.50. The lowest BCUT2D eigenvalue weighted by molar-refractivity contribution is -0.384. The van der Waals surface area contributed by atoms with Crippen LogP contribution in [0.5, 0.6) is 0 Å². The van der Waals surface area contributed by atoms with E-state index in [1.807, 2.05) is 13.8 Å². The highest BCUT2D eigenvalue weighted by atomic mass is 32.2. The normalized spacial score (nSPS) is 19.5. The van der Waals surface area contributed by atoms with Crippen LogP contribution >= 0.6 is 0 Å². The Kier molecular flexibility index (Phi) is 6.42. The number of nitrogens with two attached hydrogens (primary N) is 2. The van der Waals surface area contributed by atoms with Gasteiger partial charge in [0.2, 0.25) is 10.0 Å². The number of ketones is 1. The number of nitrogens with zero attached hydrogens (tertiary/aromatic N) is 2. The van der Waals surface area contributed by atoms with Gasteiger partial charge in [0.25, 0.3) is 5.69 Å². The fraction of sp³-hybridized carbons (Fsp3) is 0.280. The number of hydrogen-bond donors (Lipinski definition) is 2. The number of benzene rings is 2. The minimum Gasteiger partial charge on any atom is -0.466 e. The Morgan fingerprint density at radius 1 is 1.16 bits per heavy atom. The van der Waals surface area contributed by atoms with Gasteiger partial charge in [-0.05, 0) is 41.7 Å². The summed E-state index contributed by atoms with van der Waals surface area (Å²) in [5.74, 6) is -2.06. The average molecular weight is 527 g/mol. The summed E-state index contributed by atoms with van der Waals surface area (Å²) < 4.78 is 28.6. The molecule has 1 aliphatic heterocycles. The third-order valence-corrected chi connectivity index (χ3v) is 7.43. The number of rotatable bonds is 5. The quantitative estimate of drug-likeness (QED) is 0.337. The molecule has 0 unspecified atom stereocenters. The molecule has 0 bridgehead atoms. The van der Waals surface area contributed by atoms with Gasteiger partial charge in [0.15, 0.2) is 5.78 Å². The smallest absolute Gasteiger partial charge is 0.338 e. The number of nitro benzene ring substituents is 1. The first kappa shape index (κ1) is 26.0. The number of carbonyl (C=O) groups excluding carboxylic acids is 2. The maximum Gasteiger partial charge on any atom is 0.338 e. The number of methoxy groups -OCH3 is 1. The summed E-state index contributed by atoms with van der Waals surface area (Å²) in [5, 5.41) is 16.7. The second-order valence-electron chi connectivity index (χ2n) is 9.75. The molecule has 1 heterocycles. The molecule has 11 nitrogen and oxygen atoms in total. The minimum atomic E-state index is -3.96. The molecule has 2 aromatic carbocycles. The van der Waals surface area contributed by atoms with Crippen molar-refractivity contribution in [3.8, 4) is 0 Å². The second-order valence-corrected chi connectivity index (χ2v) is 11.3. The molecular weight excluding hydrogens is 500 g/mol. The molecule has 4 rings (SSSR count). The molecule has 37 heavy (non-hydrogen) atoms. The van der Waals surface area contributed by atoms with E-state index in [2.05, 4.69) is 0 Å². The fourth-order valence-corrected chi connectivity index (χ4v) is 5.47. The van der Waals surface area contributed by atoms with Gasteiger partial charge in [-0.2, -0.15) is 0 Å². The maximum absolute atomic E-state index is 13.6. The predicted octanol–water partition coefficient (Wildman–Crippen LogP) is 2.83. The molecule has 0 amide bonds. The largest absolute Gasteiger partial charge is 0.466 e. The summed E-state index contributed by atoms with van der Waals surface area (Å²) in [5.41, 5.74) is 7.45. The second kappa shape index (κ2) is 9.12. The van der Waals surface area contributed by atoms with E-state index in [9.17, 15) is 28.1 Å². The van der Waals surface area contributed by atoms with Gasteiger partial charge in [-0.25, -0.2) is 18.4 Å². The highest BCUT2D eigenvalue weighted by Gasteiger charge is 2.46. The lowest BCUT2D eigenvalue weighted by Crippen LogP contribution is -2.43. The Morgan fingerprint density at radius 2 is 1.81 bits per heavy atom. The summed E-state index contributed by atoms with van der Waals surface area (Å²) in [7, 11) is -2.78. The third-order valence-electron chi connectivity index (χ3n) is 6.50. The Balaban J connectivity index is 2.02. The van der Waals surface area contributed by atoms with E-state index < -0.39 is 32.2 Å². The molecule has 0 aromatic heterocycles. The molecular formula is C25H26N4O7S. The van der Waals surface area contributed by atoms with E-state index in [1.54, 1.807) is 11.0 Å². The average Bonchev–Trinajstić information content (AvgIpc) is 2.81. The van der Waals surface area contributed by atoms with E-state index in [0.29, 0.717) is 23.4 Å². The van der Waals surface area contributed by atoms with Crippen molar-refractivity contribution in [2.75, 3.05) is 12.0 Å². The van der Waals surface area contributed by atoms with Gasteiger partial charge < -0.3 is 10.5 Å². The molecule has 1 aliphatic carbocycles. The lowest BCUT2D eigenvalue weighted by Gasteiger charge is -2.44.